The van der Waals surface area contributed by atoms with Gasteiger partial charge in [-0.2, -0.15) is 0 Å². The number of hydrogen-bond acceptors (Lipinski definition) is 2. The lowest BCUT2D eigenvalue weighted by molar-refractivity contribution is 0.257. The largest absolute Gasteiger partial charge is 0.292 e. The number of nitrogens with zero attached hydrogens (tertiary/aromatic N) is 2. The molecule has 0 aromatic carbocycles. The monoisotopic (exact) mass is 302 g/mol. The molecule has 2 heterocycles. The van der Waals surface area contributed by atoms with E-state index in [2.05, 4.69) is 20.1 Å². The average Bonchev–Trinajstić information content (AvgIpc) is 2.55. The molecule has 0 N–H and O–H groups in total. The van der Waals surface area contributed by atoms with Crippen molar-refractivity contribution in [3.63, 3.8) is 0 Å². The first-order valence-corrected chi connectivity index (χ1v) is 9.75. The van der Waals surface area contributed by atoms with Crippen LogP contribution in [-0.2, 0) is 0 Å². The minimum absolute atomic E-state index is 0.424. The van der Waals surface area contributed by atoms with Crippen LogP contribution < -0.4 is 0 Å². The van der Waals surface area contributed by atoms with Crippen LogP contribution in [0.4, 0.5) is 0 Å². The van der Waals surface area contributed by atoms with Crippen LogP contribution in [0.5, 0.6) is 0 Å². The SMILES string of the molecule is CC1CCC(CCC2CC=NC(C3=NCCC(C)C3)C2)CC1. The summed E-state index contributed by atoms with van der Waals surface area (Å²) in [5.74, 6) is 3.67. The Morgan fingerprint density at radius 2 is 1.73 bits per heavy atom. The summed E-state index contributed by atoms with van der Waals surface area (Å²) in [7, 11) is 0. The van der Waals surface area contributed by atoms with E-state index in [4.69, 9.17) is 9.98 Å². The maximum atomic E-state index is 4.80. The Balaban J connectivity index is 1.45. The summed E-state index contributed by atoms with van der Waals surface area (Å²) >= 11 is 0. The predicted molar refractivity (Wildman–Crippen MR) is 96.1 cm³/mol. The third-order valence-electron chi connectivity index (χ3n) is 6.28. The van der Waals surface area contributed by atoms with E-state index in [0.717, 1.165) is 30.2 Å². The fourth-order valence-electron chi connectivity index (χ4n) is 4.55. The number of rotatable bonds is 4. The van der Waals surface area contributed by atoms with Gasteiger partial charge in [0.05, 0.1) is 6.04 Å². The molecule has 3 aliphatic rings. The van der Waals surface area contributed by atoms with Crippen molar-refractivity contribution in [1.82, 2.24) is 0 Å². The molecule has 1 aliphatic carbocycles. The quantitative estimate of drug-likeness (QED) is 0.672. The lowest BCUT2D eigenvalue weighted by atomic mass is 9.78. The topological polar surface area (TPSA) is 24.7 Å². The molecule has 0 radical (unpaired) electrons. The van der Waals surface area contributed by atoms with Crippen LogP contribution in [0.1, 0.15) is 78.1 Å². The van der Waals surface area contributed by atoms with Gasteiger partial charge in [-0.1, -0.05) is 46.0 Å². The second-order valence-electron chi connectivity index (χ2n) is 8.36. The lowest BCUT2D eigenvalue weighted by Crippen LogP contribution is -2.30. The molecule has 0 saturated heterocycles. The first-order valence-electron chi connectivity index (χ1n) is 9.75. The smallest absolute Gasteiger partial charge is 0.0874 e. The van der Waals surface area contributed by atoms with Crippen LogP contribution in [0.15, 0.2) is 9.98 Å². The molecule has 0 aromatic rings. The van der Waals surface area contributed by atoms with Crippen molar-refractivity contribution in [3.05, 3.63) is 0 Å². The minimum atomic E-state index is 0.424. The van der Waals surface area contributed by atoms with Crippen molar-refractivity contribution in [2.75, 3.05) is 6.54 Å². The molecule has 0 spiro atoms. The zero-order chi connectivity index (χ0) is 15.4. The summed E-state index contributed by atoms with van der Waals surface area (Å²) in [6.07, 6.45) is 15.9. The molecule has 1 fully saturated rings. The second kappa shape index (κ2) is 7.75. The summed E-state index contributed by atoms with van der Waals surface area (Å²) in [5.41, 5.74) is 1.41. The van der Waals surface area contributed by atoms with E-state index in [0.29, 0.717) is 6.04 Å². The van der Waals surface area contributed by atoms with Crippen LogP contribution in [0.2, 0.25) is 0 Å². The Bertz CT molecular complexity index is 404. The van der Waals surface area contributed by atoms with Gasteiger partial charge in [0.25, 0.3) is 0 Å². The molecule has 0 amide bonds. The van der Waals surface area contributed by atoms with Crippen LogP contribution in [0, 0.1) is 23.7 Å². The maximum Gasteiger partial charge on any atom is 0.0874 e. The van der Waals surface area contributed by atoms with Crippen molar-refractivity contribution >= 4 is 11.9 Å². The van der Waals surface area contributed by atoms with Gasteiger partial charge in [-0.3, -0.25) is 9.98 Å². The molecule has 0 aromatic heterocycles. The third-order valence-corrected chi connectivity index (χ3v) is 6.28. The summed E-state index contributed by atoms with van der Waals surface area (Å²) in [6.45, 7) is 5.82. The van der Waals surface area contributed by atoms with Gasteiger partial charge < -0.3 is 0 Å². The molecule has 3 rings (SSSR count). The summed E-state index contributed by atoms with van der Waals surface area (Å²) < 4.78 is 0. The summed E-state index contributed by atoms with van der Waals surface area (Å²) in [5, 5.41) is 0. The fourth-order valence-corrected chi connectivity index (χ4v) is 4.55. The Morgan fingerprint density at radius 3 is 2.50 bits per heavy atom. The Morgan fingerprint density at radius 1 is 0.955 bits per heavy atom. The van der Waals surface area contributed by atoms with Crippen molar-refractivity contribution < 1.29 is 0 Å². The fraction of sp³-hybridized carbons (Fsp3) is 0.900. The first kappa shape index (κ1) is 16.2. The van der Waals surface area contributed by atoms with E-state index in [1.807, 2.05) is 0 Å². The zero-order valence-electron chi connectivity index (χ0n) is 14.6. The van der Waals surface area contributed by atoms with E-state index in [1.165, 1.54) is 69.9 Å². The molecule has 22 heavy (non-hydrogen) atoms. The Hall–Kier alpha value is -0.660. The molecule has 124 valence electrons. The van der Waals surface area contributed by atoms with E-state index < -0.39 is 0 Å². The van der Waals surface area contributed by atoms with Crippen LogP contribution >= 0.6 is 0 Å². The van der Waals surface area contributed by atoms with Gasteiger partial charge in [-0.25, -0.2) is 0 Å². The van der Waals surface area contributed by atoms with E-state index in [9.17, 15) is 0 Å². The summed E-state index contributed by atoms with van der Waals surface area (Å²) in [4.78, 5) is 9.59. The van der Waals surface area contributed by atoms with Gasteiger partial charge in [0, 0.05) is 12.3 Å². The van der Waals surface area contributed by atoms with Crippen molar-refractivity contribution in [2.45, 2.75) is 84.1 Å². The predicted octanol–water partition coefficient (Wildman–Crippen LogP) is 5.31. The third kappa shape index (κ3) is 4.43. The molecule has 3 atom stereocenters. The minimum Gasteiger partial charge on any atom is -0.292 e. The Labute approximate surface area is 136 Å². The van der Waals surface area contributed by atoms with Gasteiger partial charge in [0.2, 0.25) is 0 Å². The second-order valence-corrected chi connectivity index (χ2v) is 8.36. The molecule has 1 saturated carbocycles. The van der Waals surface area contributed by atoms with Gasteiger partial charge in [-0.15, -0.1) is 0 Å². The Kier molecular flexibility index (Phi) is 5.71. The molecular formula is C20H34N2. The van der Waals surface area contributed by atoms with Crippen LogP contribution in [-0.4, -0.2) is 24.5 Å². The highest BCUT2D eigenvalue weighted by atomic mass is 14.9. The van der Waals surface area contributed by atoms with Crippen LogP contribution in [0.25, 0.3) is 0 Å². The molecule has 2 heteroatoms. The van der Waals surface area contributed by atoms with Gasteiger partial charge in [0.15, 0.2) is 0 Å². The first-order chi connectivity index (χ1) is 10.7. The summed E-state index contributed by atoms with van der Waals surface area (Å²) in [6, 6.07) is 0.424. The molecular weight excluding hydrogens is 268 g/mol. The van der Waals surface area contributed by atoms with Crippen LogP contribution in [0.3, 0.4) is 0 Å². The van der Waals surface area contributed by atoms with Gasteiger partial charge in [-0.05, 0) is 62.0 Å². The number of aliphatic imine (C=N–C) groups is 2. The highest BCUT2D eigenvalue weighted by Gasteiger charge is 2.27. The maximum absolute atomic E-state index is 4.80. The average molecular weight is 303 g/mol. The van der Waals surface area contributed by atoms with Crippen molar-refractivity contribution in [2.24, 2.45) is 33.7 Å². The normalized spacial score (nSPS) is 39.5. The highest BCUT2D eigenvalue weighted by molar-refractivity contribution is 5.91. The number of hydrogen-bond donors (Lipinski definition) is 0. The van der Waals surface area contributed by atoms with Crippen molar-refractivity contribution in [3.8, 4) is 0 Å². The van der Waals surface area contributed by atoms with E-state index >= 15 is 0 Å². The molecule has 2 aliphatic heterocycles. The lowest BCUT2D eigenvalue weighted by Gasteiger charge is -2.30. The standard InChI is InChI=1S/C20H34N2/c1-15-3-5-17(6-4-15)7-8-18-10-12-22-20(14-18)19-13-16(2)9-11-21-19/h12,15-18,20H,3-11,13-14H2,1-2H3. The highest BCUT2D eigenvalue weighted by Crippen LogP contribution is 2.34. The zero-order valence-corrected chi connectivity index (χ0v) is 14.6. The molecule has 0 bridgehead atoms. The van der Waals surface area contributed by atoms with E-state index in [-0.39, 0.29) is 0 Å². The van der Waals surface area contributed by atoms with Crippen molar-refractivity contribution in [1.29, 1.82) is 0 Å². The molecule has 2 nitrogen and oxygen atoms in total. The van der Waals surface area contributed by atoms with E-state index in [1.54, 1.807) is 0 Å². The molecule has 3 unspecified atom stereocenters. The van der Waals surface area contributed by atoms with Gasteiger partial charge in [0.1, 0.15) is 0 Å². The van der Waals surface area contributed by atoms with Gasteiger partial charge >= 0.3 is 0 Å².